The molecule has 198 valence electrons. The number of aromatic nitrogens is 1. The van der Waals surface area contributed by atoms with Crippen molar-refractivity contribution in [3.8, 4) is 0 Å². The molecule has 3 aliphatic rings. The number of likely N-dealkylation sites (tertiary alicyclic amines) is 2. The Hall–Kier alpha value is -2.85. The van der Waals surface area contributed by atoms with E-state index in [1.165, 1.54) is 0 Å². The quantitative estimate of drug-likeness (QED) is 0.674. The zero-order chi connectivity index (χ0) is 26.3. The van der Waals surface area contributed by atoms with Gasteiger partial charge in [0.2, 0.25) is 11.8 Å². The normalized spacial score (nSPS) is 25.1. The molecule has 0 bridgehead atoms. The number of carbonyl (C=O) groups is 3. The fourth-order valence-electron chi connectivity index (χ4n) is 5.58. The third-order valence-corrected chi connectivity index (χ3v) is 7.71. The number of nitrogens with zero attached hydrogens (tertiary/aromatic N) is 4. The molecule has 4 rings (SSSR count). The van der Waals surface area contributed by atoms with Gasteiger partial charge in [0, 0.05) is 31.9 Å². The fourth-order valence-corrected chi connectivity index (χ4v) is 5.58. The van der Waals surface area contributed by atoms with E-state index in [4.69, 9.17) is 0 Å². The molecule has 2 atom stereocenters. The first kappa shape index (κ1) is 26.2. The fraction of sp³-hybridized carbons (Fsp3) is 0.680. The number of anilines is 1. The summed E-state index contributed by atoms with van der Waals surface area (Å²) in [6.07, 6.45) is -0.151. The van der Waals surface area contributed by atoms with Gasteiger partial charge in [-0.1, -0.05) is 13.3 Å². The summed E-state index contributed by atoms with van der Waals surface area (Å²) in [7, 11) is 0. The second kappa shape index (κ2) is 9.89. The van der Waals surface area contributed by atoms with Crippen molar-refractivity contribution >= 4 is 23.5 Å². The smallest absolute Gasteiger partial charge is 0.332 e. The standard InChI is InChI=1S/C25H34F3N5O3/c1-4-16-7-8-18(21(34)32(14-16)15-25(26,27)28)30-23(36)31-12-9-17(10-13-31)33-19-6-5-11-29-20(19)24(2,3)22(33)35/h5-6,11,16-18H,4,7-10,12-15H2,1-3H3,(H,30,36). The Labute approximate surface area is 209 Å². The molecule has 11 heteroatoms. The van der Waals surface area contributed by atoms with Crippen LogP contribution in [0.25, 0.3) is 0 Å². The zero-order valence-electron chi connectivity index (χ0n) is 21.0. The predicted octanol–water partition coefficient (Wildman–Crippen LogP) is 3.46. The van der Waals surface area contributed by atoms with Crippen LogP contribution in [0.5, 0.6) is 0 Å². The van der Waals surface area contributed by atoms with Gasteiger partial charge in [-0.25, -0.2) is 4.79 Å². The van der Waals surface area contributed by atoms with Crippen molar-refractivity contribution in [2.45, 2.75) is 76.6 Å². The highest BCUT2D eigenvalue weighted by molar-refractivity contribution is 6.07. The number of fused-ring (bicyclic) bond motifs is 1. The molecule has 0 radical (unpaired) electrons. The SMILES string of the molecule is CCC1CCC(NC(=O)N2CCC(N3C(=O)C(C)(C)c4ncccc43)CC2)C(=O)N(CC(F)(F)F)C1. The van der Waals surface area contributed by atoms with Crippen LogP contribution in [-0.2, 0) is 15.0 Å². The largest absolute Gasteiger partial charge is 0.406 e. The third kappa shape index (κ3) is 5.15. The van der Waals surface area contributed by atoms with Crippen LogP contribution in [0, 0.1) is 5.92 Å². The zero-order valence-corrected chi connectivity index (χ0v) is 21.0. The van der Waals surface area contributed by atoms with Gasteiger partial charge in [0.1, 0.15) is 12.6 Å². The van der Waals surface area contributed by atoms with Crippen molar-refractivity contribution < 1.29 is 27.6 Å². The maximum atomic E-state index is 13.2. The van der Waals surface area contributed by atoms with Crippen LogP contribution in [0.1, 0.15) is 58.6 Å². The lowest BCUT2D eigenvalue weighted by Crippen LogP contribution is -2.55. The summed E-state index contributed by atoms with van der Waals surface area (Å²) in [6, 6.07) is 2.18. The summed E-state index contributed by atoms with van der Waals surface area (Å²) < 4.78 is 39.2. The van der Waals surface area contributed by atoms with Crippen LogP contribution in [0.15, 0.2) is 18.3 Å². The van der Waals surface area contributed by atoms with E-state index in [0.29, 0.717) is 45.2 Å². The molecule has 0 aliphatic carbocycles. The lowest BCUT2D eigenvalue weighted by molar-refractivity contribution is -0.162. The summed E-state index contributed by atoms with van der Waals surface area (Å²) in [4.78, 5) is 47.7. The minimum atomic E-state index is -4.50. The number of hydrogen-bond donors (Lipinski definition) is 1. The molecule has 2 unspecified atom stereocenters. The summed E-state index contributed by atoms with van der Waals surface area (Å²) in [5.74, 6) is -0.729. The molecule has 36 heavy (non-hydrogen) atoms. The van der Waals surface area contributed by atoms with E-state index in [2.05, 4.69) is 10.3 Å². The van der Waals surface area contributed by atoms with Crippen molar-refractivity contribution in [1.29, 1.82) is 0 Å². The van der Waals surface area contributed by atoms with Gasteiger partial charge in [0.25, 0.3) is 0 Å². The highest BCUT2D eigenvalue weighted by Gasteiger charge is 2.48. The van der Waals surface area contributed by atoms with Gasteiger partial charge in [-0.15, -0.1) is 0 Å². The van der Waals surface area contributed by atoms with Crippen molar-refractivity contribution in [3.05, 3.63) is 24.0 Å². The molecular formula is C25H34F3N5O3. The van der Waals surface area contributed by atoms with Crippen LogP contribution in [0.3, 0.4) is 0 Å². The van der Waals surface area contributed by atoms with E-state index in [0.717, 1.165) is 16.3 Å². The Morgan fingerprint density at radius 1 is 1.17 bits per heavy atom. The molecule has 0 spiro atoms. The van der Waals surface area contributed by atoms with Crippen LogP contribution < -0.4 is 10.2 Å². The number of carbonyl (C=O) groups excluding carboxylic acids is 3. The van der Waals surface area contributed by atoms with E-state index in [1.54, 1.807) is 22.1 Å². The van der Waals surface area contributed by atoms with E-state index in [-0.39, 0.29) is 24.4 Å². The average Bonchev–Trinajstić information content (AvgIpc) is 2.93. The topological polar surface area (TPSA) is 85.9 Å². The molecule has 1 aromatic rings. The minimum absolute atomic E-state index is 0.0154. The number of piperidine rings is 1. The molecule has 4 heterocycles. The maximum Gasteiger partial charge on any atom is 0.406 e. The first-order chi connectivity index (χ1) is 16.9. The lowest BCUT2D eigenvalue weighted by Gasteiger charge is -2.38. The highest BCUT2D eigenvalue weighted by Crippen LogP contribution is 2.42. The van der Waals surface area contributed by atoms with Crippen LogP contribution in [-0.4, -0.2) is 77.1 Å². The van der Waals surface area contributed by atoms with Gasteiger partial charge >= 0.3 is 12.2 Å². The monoisotopic (exact) mass is 509 g/mol. The number of urea groups is 1. The number of hydrogen-bond acceptors (Lipinski definition) is 4. The molecule has 3 aliphatic heterocycles. The Morgan fingerprint density at radius 3 is 2.50 bits per heavy atom. The summed E-state index contributed by atoms with van der Waals surface area (Å²) >= 11 is 0. The molecule has 1 N–H and O–H groups in total. The predicted molar refractivity (Wildman–Crippen MR) is 127 cm³/mol. The Morgan fingerprint density at radius 2 is 1.86 bits per heavy atom. The number of nitrogens with one attached hydrogen (secondary N) is 1. The first-order valence-electron chi connectivity index (χ1n) is 12.6. The Balaban J connectivity index is 1.39. The molecule has 8 nitrogen and oxygen atoms in total. The second-order valence-electron chi connectivity index (χ2n) is 10.6. The van der Waals surface area contributed by atoms with Gasteiger partial charge in [-0.05, 0) is 57.6 Å². The molecule has 2 saturated heterocycles. The molecular weight excluding hydrogens is 475 g/mol. The summed E-state index contributed by atoms with van der Waals surface area (Å²) in [5.41, 5.74) is 0.828. The summed E-state index contributed by atoms with van der Waals surface area (Å²) in [6.45, 7) is 5.10. The Bertz CT molecular complexity index is 1010. The molecule has 0 aromatic carbocycles. The first-order valence-corrected chi connectivity index (χ1v) is 12.6. The maximum absolute atomic E-state index is 13.2. The number of pyridine rings is 1. The van der Waals surface area contributed by atoms with E-state index in [1.807, 2.05) is 26.8 Å². The highest BCUT2D eigenvalue weighted by atomic mass is 19.4. The van der Waals surface area contributed by atoms with Gasteiger partial charge in [-0.2, -0.15) is 13.2 Å². The van der Waals surface area contributed by atoms with Gasteiger partial charge in [-0.3, -0.25) is 14.6 Å². The van der Waals surface area contributed by atoms with Crippen LogP contribution >= 0.6 is 0 Å². The molecule has 0 saturated carbocycles. The van der Waals surface area contributed by atoms with Crippen molar-refractivity contribution in [1.82, 2.24) is 20.1 Å². The van der Waals surface area contributed by atoms with Crippen molar-refractivity contribution in [3.63, 3.8) is 0 Å². The van der Waals surface area contributed by atoms with Gasteiger partial charge < -0.3 is 20.0 Å². The lowest BCUT2D eigenvalue weighted by atomic mass is 9.90. The minimum Gasteiger partial charge on any atom is -0.332 e. The van der Waals surface area contributed by atoms with Crippen LogP contribution in [0.4, 0.5) is 23.7 Å². The van der Waals surface area contributed by atoms with E-state index in [9.17, 15) is 27.6 Å². The number of amides is 4. The third-order valence-electron chi connectivity index (χ3n) is 7.71. The number of halogens is 3. The van der Waals surface area contributed by atoms with E-state index < -0.39 is 36.1 Å². The molecule has 1 aromatic heterocycles. The number of rotatable bonds is 4. The van der Waals surface area contributed by atoms with Gasteiger partial charge in [0.15, 0.2) is 0 Å². The average molecular weight is 510 g/mol. The summed E-state index contributed by atoms with van der Waals surface area (Å²) in [5, 5.41) is 2.70. The second-order valence-corrected chi connectivity index (χ2v) is 10.6. The van der Waals surface area contributed by atoms with Crippen molar-refractivity contribution in [2.75, 3.05) is 31.1 Å². The van der Waals surface area contributed by atoms with Gasteiger partial charge in [0.05, 0.1) is 16.8 Å². The molecule has 4 amide bonds. The Kier molecular flexibility index (Phi) is 7.21. The van der Waals surface area contributed by atoms with E-state index >= 15 is 0 Å². The van der Waals surface area contributed by atoms with Crippen molar-refractivity contribution in [2.24, 2.45) is 5.92 Å². The van der Waals surface area contributed by atoms with Crippen LogP contribution in [0.2, 0.25) is 0 Å². The molecule has 2 fully saturated rings. The number of alkyl halides is 3.